The van der Waals surface area contributed by atoms with Gasteiger partial charge in [-0.05, 0) is 55.2 Å². The van der Waals surface area contributed by atoms with Crippen LogP contribution in [-0.2, 0) is 9.53 Å². The second-order valence-electron chi connectivity index (χ2n) is 7.55. The van der Waals surface area contributed by atoms with Gasteiger partial charge in [0, 0.05) is 6.07 Å². The SMILES string of the molecule is CCOC(=O)C(C)Oc1cc(C)c2c(c1)O/C(=C\c1ccc(-c3ccccc3)cc1)C2=O. The Kier molecular flexibility index (Phi) is 6.08. The first-order valence-electron chi connectivity index (χ1n) is 10.5. The van der Waals surface area contributed by atoms with Crippen molar-refractivity contribution in [2.24, 2.45) is 0 Å². The van der Waals surface area contributed by atoms with E-state index in [4.69, 9.17) is 14.2 Å². The third-order valence-corrected chi connectivity index (χ3v) is 5.19. The molecule has 1 aliphatic rings. The van der Waals surface area contributed by atoms with E-state index in [1.807, 2.05) is 49.4 Å². The number of allylic oxidation sites excluding steroid dienone is 1. The summed E-state index contributed by atoms with van der Waals surface area (Å²) in [6.07, 6.45) is 0.973. The molecule has 1 aliphatic heterocycles. The Morgan fingerprint density at radius 2 is 1.72 bits per heavy atom. The van der Waals surface area contributed by atoms with Crippen molar-refractivity contribution < 1.29 is 23.8 Å². The number of ketones is 1. The molecular formula is C27H24O5. The molecule has 162 valence electrons. The van der Waals surface area contributed by atoms with E-state index in [2.05, 4.69) is 12.1 Å². The minimum absolute atomic E-state index is 0.172. The molecule has 1 atom stereocenters. The van der Waals surface area contributed by atoms with Crippen LogP contribution in [0.15, 0.2) is 72.5 Å². The van der Waals surface area contributed by atoms with Crippen molar-refractivity contribution in [3.8, 4) is 22.6 Å². The molecular weight excluding hydrogens is 404 g/mol. The van der Waals surface area contributed by atoms with Crippen molar-refractivity contribution in [2.45, 2.75) is 26.9 Å². The molecule has 0 amide bonds. The molecule has 1 unspecified atom stereocenters. The number of Topliss-reactive ketones (excluding diaryl/α,β-unsaturated/α-hetero) is 1. The Morgan fingerprint density at radius 3 is 2.41 bits per heavy atom. The summed E-state index contributed by atoms with van der Waals surface area (Å²) in [7, 11) is 0. The van der Waals surface area contributed by atoms with Crippen LogP contribution in [0.5, 0.6) is 11.5 Å². The number of hydrogen-bond acceptors (Lipinski definition) is 5. The van der Waals surface area contributed by atoms with Crippen LogP contribution in [0, 0.1) is 6.92 Å². The number of esters is 1. The Morgan fingerprint density at radius 1 is 1.03 bits per heavy atom. The highest BCUT2D eigenvalue weighted by molar-refractivity contribution is 6.15. The van der Waals surface area contributed by atoms with Crippen LogP contribution in [0.1, 0.15) is 35.3 Å². The number of benzene rings is 3. The summed E-state index contributed by atoms with van der Waals surface area (Å²) in [5.74, 6) is 0.513. The van der Waals surface area contributed by atoms with Crippen molar-refractivity contribution in [2.75, 3.05) is 6.61 Å². The first-order chi connectivity index (χ1) is 15.5. The molecule has 0 aliphatic carbocycles. The Hall–Kier alpha value is -3.86. The van der Waals surface area contributed by atoms with Gasteiger partial charge in [0.05, 0.1) is 12.2 Å². The fourth-order valence-corrected chi connectivity index (χ4v) is 3.61. The van der Waals surface area contributed by atoms with Gasteiger partial charge in [-0.15, -0.1) is 0 Å². The smallest absolute Gasteiger partial charge is 0.347 e. The Labute approximate surface area is 187 Å². The summed E-state index contributed by atoms with van der Waals surface area (Å²) in [4.78, 5) is 24.8. The molecule has 0 saturated carbocycles. The lowest BCUT2D eigenvalue weighted by molar-refractivity contribution is -0.150. The van der Waals surface area contributed by atoms with Gasteiger partial charge in [-0.3, -0.25) is 4.79 Å². The normalized spacial score (nSPS) is 14.6. The third-order valence-electron chi connectivity index (χ3n) is 5.19. The van der Waals surface area contributed by atoms with Crippen molar-refractivity contribution in [3.05, 3.63) is 89.2 Å². The quantitative estimate of drug-likeness (QED) is 0.377. The number of fused-ring (bicyclic) bond motifs is 1. The van der Waals surface area contributed by atoms with Gasteiger partial charge in [0.25, 0.3) is 0 Å². The summed E-state index contributed by atoms with van der Waals surface area (Å²) in [5.41, 5.74) is 4.33. The molecule has 5 heteroatoms. The van der Waals surface area contributed by atoms with Crippen molar-refractivity contribution >= 4 is 17.8 Å². The van der Waals surface area contributed by atoms with E-state index >= 15 is 0 Å². The number of aryl methyl sites for hydroxylation is 1. The second kappa shape index (κ2) is 9.10. The van der Waals surface area contributed by atoms with Crippen LogP contribution >= 0.6 is 0 Å². The maximum Gasteiger partial charge on any atom is 0.347 e. The van der Waals surface area contributed by atoms with Gasteiger partial charge in [0.2, 0.25) is 5.78 Å². The minimum atomic E-state index is -0.761. The molecule has 3 aromatic rings. The fourth-order valence-electron chi connectivity index (χ4n) is 3.61. The molecule has 0 fully saturated rings. The maximum atomic E-state index is 12.9. The van der Waals surface area contributed by atoms with Crippen molar-refractivity contribution in [1.82, 2.24) is 0 Å². The fraction of sp³-hybridized carbons (Fsp3) is 0.185. The zero-order chi connectivity index (χ0) is 22.7. The van der Waals surface area contributed by atoms with Crippen LogP contribution in [-0.4, -0.2) is 24.5 Å². The molecule has 0 saturated heterocycles. The number of hydrogen-bond donors (Lipinski definition) is 0. The molecule has 32 heavy (non-hydrogen) atoms. The maximum absolute atomic E-state index is 12.9. The minimum Gasteiger partial charge on any atom is -0.479 e. The molecule has 0 radical (unpaired) electrons. The van der Waals surface area contributed by atoms with Crippen LogP contribution in [0.4, 0.5) is 0 Å². The van der Waals surface area contributed by atoms with E-state index in [1.165, 1.54) is 0 Å². The van der Waals surface area contributed by atoms with Crippen molar-refractivity contribution in [1.29, 1.82) is 0 Å². The molecule has 3 aromatic carbocycles. The van der Waals surface area contributed by atoms with Gasteiger partial charge in [0.1, 0.15) is 11.5 Å². The van der Waals surface area contributed by atoms with Crippen LogP contribution in [0.3, 0.4) is 0 Å². The summed E-state index contributed by atoms with van der Waals surface area (Å²) in [6, 6.07) is 21.4. The van der Waals surface area contributed by atoms with Gasteiger partial charge in [-0.25, -0.2) is 4.79 Å². The van der Waals surface area contributed by atoms with Gasteiger partial charge in [-0.2, -0.15) is 0 Å². The molecule has 0 bridgehead atoms. The summed E-state index contributed by atoms with van der Waals surface area (Å²) >= 11 is 0. The zero-order valence-electron chi connectivity index (χ0n) is 18.3. The van der Waals surface area contributed by atoms with Gasteiger partial charge >= 0.3 is 5.97 Å². The van der Waals surface area contributed by atoms with Crippen LogP contribution in [0.2, 0.25) is 0 Å². The molecule has 5 nitrogen and oxygen atoms in total. The average Bonchev–Trinajstić information content (AvgIpc) is 3.10. The third kappa shape index (κ3) is 4.42. The standard InChI is InChI=1S/C27H24O5/c1-4-30-27(29)18(3)31-22-14-17(2)25-23(16-22)32-24(26(25)28)15-19-10-12-21(13-11-19)20-8-6-5-7-9-20/h5-16,18H,4H2,1-3H3/b24-15-. The lowest BCUT2D eigenvalue weighted by atomic mass is 10.0. The predicted octanol–water partition coefficient (Wildman–Crippen LogP) is 5.61. The van der Waals surface area contributed by atoms with E-state index in [-0.39, 0.29) is 18.1 Å². The molecule has 1 heterocycles. The lowest BCUT2D eigenvalue weighted by Crippen LogP contribution is -2.26. The number of carbonyl (C=O) groups excluding carboxylic acids is 2. The molecule has 0 spiro atoms. The summed E-state index contributed by atoms with van der Waals surface area (Å²) in [6.45, 7) is 5.47. The first kappa shape index (κ1) is 21.4. The number of ether oxygens (including phenoxy) is 3. The van der Waals surface area contributed by atoms with E-state index in [9.17, 15) is 9.59 Å². The van der Waals surface area contributed by atoms with Gasteiger partial charge in [-0.1, -0.05) is 54.6 Å². The average molecular weight is 428 g/mol. The van der Waals surface area contributed by atoms with E-state index < -0.39 is 12.1 Å². The monoisotopic (exact) mass is 428 g/mol. The van der Waals surface area contributed by atoms with Crippen LogP contribution in [0.25, 0.3) is 17.2 Å². The van der Waals surface area contributed by atoms with E-state index in [1.54, 1.807) is 32.1 Å². The van der Waals surface area contributed by atoms with Crippen LogP contribution < -0.4 is 9.47 Å². The molecule has 4 rings (SSSR count). The van der Waals surface area contributed by atoms with Gasteiger partial charge in [0.15, 0.2) is 11.9 Å². The Bertz CT molecular complexity index is 1180. The number of carbonyl (C=O) groups is 2. The second-order valence-corrected chi connectivity index (χ2v) is 7.55. The lowest BCUT2D eigenvalue weighted by Gasteiger charge is -2.14. The molecule has 0 N–H and O–H groups in total. The first-order valence-corrected chi connectivity index (χ1v) is 10.5. The largest absolute Gasteiger partial charge is 0.479 e. The highest BCUT2D eigenvalue weighted by Crippen LogP contribution is 2.38. The number of rotatable bonds is 6. The van der Waals surface area contributed by atoms with Gasteiger partial charge < -0.3 is 14.2 Å². The van der Waals surface area contributed by atoms with Crippen molar-refractivity contribution in [3.63, 3.8) is 0 Å². The van der Waals surface area contributed by atoms with E-state index in [0.29, 0.717) is 17.1 Å². The highest BCUT2D eigenvalue weighted by Gasteiger charge is 2.30. The highest BCUT2D eigenvalue weighted by atomic mass is 16.6. The van der Waals surface area contributed by atoms with E-state index in [0.717, 1.165) is 22.3 Å². The summed E-state index contributed by atoms with van der Waals surface area (Å²) in [5, 5.41) is 0. The zero-order valence-corrected chi connectivity index (χ0v) is 18.3. The molecule has 0 aromatic heterocycles. The Balaban J connectivity index is 1.54. The summed E-state index contributed by atoms with van der Waals surface area (Å²) < 4.78 is 16.5. The predicted molar refractivity (Wildman–Crippen MR) is 123 cm³/mol. The topological polar surface area (TPSA) is 61.8 Å².